The van der Waals surface area contributed by atoms with Gasteiger partial charge in [-0.2, -0.15) is 0 Å². The Morgan fingerprint density at radius 2 is 2.05 bits per heavy atom. The molecule has 0 aliphatic carbocycles. The smallest absolute Gasteiger partial charge is 0.334 e. The number of fused-ring (bicyclic) bond motifs is 3. The highest BCUT2D eigenvalue weighted by Crippen LogP contribution is 2.39. The molecule has 0 saturated carbocycles. The van der Waals surface area contributed by atoms with Crippen LogP contribution in [0, 0.1) is 6.92 Å². The van der Waals surface area contributed by atoms with Gasteiger partial charge in [-0.15, -0.1) is 6.58 Å². The third-order valence-corrected chi connectivity index (χ3v) is 4.30. The van der Waals surface area contributed by atoms with Crippen LogP contribution in [0.4, 0.5) is 4.79 Å². The summed E-state index contributed by atoms with van der Waals surface area (Å²) < 4.78 is 12.4. The fourth-order valence-electron chi connectivity index (χ4n) is 2.90. The predicted molar refractivity (Wildman–Crippen MR) is 89.2 cm³/mol. The maximum Gasteiger partial charge on any atom is 0.334 e. The molecule has 5 nitrogen and oxygen atoms in total. The summed E-state index contributed by atoms with van der Waals surface area (Å²) >= 11 is 5.47. The monoisotopic (exact) mass is 316 g/mol. The molecule has 1 aliphatic heterocycles. The number of rotatable bonds is 4. The maximum atomic E-state index is 12.7. The first-order valence-corrected chi connectivity index (χ1v) is 7.20. The van der Waals surface area contributed by atoms with Crippen molar-refractivity contribution < 1.29 is 14.3 Å². The molecule has 0 bridgehead atoms. The van der Waals surface area contributed by atoms with Crippen molar-refractivity contribution in [1.82, 2.24) is 9.47 Å². The van der Waals surface area contributed by atoms with Crippen molar-refractivity contribution in [2.24, 2.45) is 0 Å². The molecule has 0 unspecified atom stereocenters. The zero-order valence-electron chi connectivity index (χ0n) is 12.7. The van der Waals surface area contributed by atoms with Crippen LogP contribution < -0.4 is 9.47 Å². The minimum atomic E-state index is -0.173. The van der Waals surface area contributed by atoms with E-state index in [1.165, 1.54) is 4.90 Å². The van der Waals surface area contributed by atoms with Crippen LogP contribution in [-0.2, 0) is 0 Å². The first-order valence-electron chi connectivity index (χ1n) is 6.79. The van der Waals surface area contributed by atoms with Crippen LogP contribution in [0.25, 0.3) is 10.9 Å². The summed E-state index contributed by atoms with van der Waals surface area (Å²) in [6.07, 6.45) is 1.66. The summed E-state index contributed by atoms with van der Waals surface area (Å²) in [7, 11) is 3.18. The van der Waals surface area contributed by atoms with Gasteiger partial charge in [0.2, 0.25) is 0 Å². The van der Waals surface area contributed by atoms with Crippen molar-refractivity contribution in [3.05, 3.63) is 36.0 Å². The van der Waals surface area contributed by atoms with E-state index in [-0.39, 0.29) is 6.03 Å². The molecule has 114 valence electrons. The number of thiocarbonyl (C=S) groups is 1. The van der Waals surface area contributed by atoms with Crippen LogP contribution in [0.15, 0.2) is 24.8 Å². The second kappa shape index (κ2) is 5.14. The second-order valence-electron chi connectivity index (χ2n) is 5.02. The lowest BCUT2D eigenvalue weighted by Crippen LogP contribution is -2.30. The summed E-state index contributed by atoms with van der Waals surface area (Å²) in [5, 5.41) is 0.882. The molecule has 1 aromatic carbocycles. The van der Waals surface area contributed by atoms with E-state index in [0.29, 0.717) is 23.0 Å². The van der Waals surface area contributed by atoms with Crippen molar-refractivity contribution in [2.45, 2.75) is 6.92 Å². The zero-order valence-corrected chi connectivity index (χ0v) is 13.5. The van der Waals surface area contributed by atoms with Gasteiger partial charge in [0.05, 0.1) is 25.4 Å². The lowest BCUT2D eigenvalue weighted by molar-refractivity contribution is 0.230. The minimum absolute atomic E-state index is 0.173. The van der Waals surface area contributed by atoms with Crippen LogP contribution in [0.5, 0.6) is 11.5 Å². The Labute approximate surface area is 133 Å². The summed E-state index contributed by atoms with van der Waals surface area (Å²) in [5.41, 5.74) is 2.41. The number of hydrogen-bond acceptors (Lipinski definition) is 4. The third kappa shape index (κ3) is 1.77. The van der Waals surface area contributed by atoms with Crippen LogP contribution in [0.3, 0.4) is 0 Å². The van der Waals surface area contributed by atoms with E-state index in [9.17, 15) is 4.79 Å². The van der Waals surface area contributed by atoms with E-state index in [4.69, 9.17) is 21.7 Å². The molecule has 6 heteroatoms. The average molecular weight is 316 g/mol. The summed E-state index contributed by atoms with van der Waals surface area (Å²) in [4.78, 5) is 14.7. The van der Waals surface area contributed by atoms with Gasteiger partial charge in [-0.1, -0.05) is 18.3 Å². The number of benzene rings is 1. The van der Waals surface area contributed by atoms with Crippen LogP contribution >= 0.6 is 12.2 Å². The molecule has 2 heterocycles. The molecular formula is C16H16N2O3S. The number of carbonyl (C=O) groups excluding carboxylic acids is 1. The molecule has 0 atom stereocenters. The van der Waals surface area contributed by atoms with Gasteiger partial charge >= 0.3 is 6.03 Å². The maximum absolute atomic E-state index is 12.7. The van der Waals surface area contributed by atoms with Crippen molar-refractivity contribution in [3.63, 3.8) is 0 Å². The first kappa shape index (κ1) is 14.6. The van der Waals surface area contributed by atoms with E-state index in [1.807, 2.05) is 13.0 Å². The second-order valence-corrected chi connectivity index (χ2v) is 5.41. The fourth-order valence-corrected chi connectivity index (χ4v) is 3.29. The van der Waals surface area contributed by atoms with E-state index in [0.717, 1.165) is 22.2 Å². The van der Waals surface area contributed by atoms with Gasteiger partial charge in [-0.25, -0.2) is 4.79 Å². The van der Waals surface area contributed by atoms with Crippen molar-refractivity contribution in [1.29, 1.82) is 0 Å². The summed E-state index contributed by atoms with van der Waals surface area (Å²) in [6.45, 7) is 6.01. The minimum Gasteiger partial charge on any atom is -0.497 e. The molecule has 2 aromatic rings. The Morgan fingerprint density at radius 1 is 1.32 bits per heavy atom. The van der Waals surface area contributed by atoms with Gasteiger partial charge in [0.1, 0.15) is 16.5 Å². The zero-order chi connectivity index (χ0) is 16.0. The number of carbonyl (C=O) groups is 1. The largest absolute Gasteiger partial charge is 0.497 e. The Kier molecular flexibility index (Phi) is 3.41. The Bertz CT molecular complexity index is 823. The number of methoxy groups -OCH3 is 2. The molecular weight excluding hydrogens is 300 g/mol. The highest BCUT2D eigenvalue weighted by Gasteiger charge is 2.36. The lowest BCUT2D eigenvalue weighted by atomic mass is 10.1. The number of amides is 1. The Morgan fingerprint density at radius 3 is 2.64 bits per heavy atom. The first-order chi connectivity index (χ1) is 10.5. The van der Waals surface area contributed by atoms with Gasteiger partial charge in [0.25, 0.3) is 0 Å². The van der Waals surface area contributed by atoms with E-state index < -0.39 is 0 Å². The van der Waals surface area contributed by atoms with Crippen molar-refractivity contribution in [3.8, 4) is 11.5 Å². The lowest BCUT2D eigenvalue weighted by Gasteiger charge is -2.14. The normalized spacial score (nSPS) is 13.7. The van der Waals surface area contributed by atoms with Gasteiger partial charge in [-0.3, -0.25) is 9.47 Å². The van der Waals surface area contributed by atoms with Crippen molar-refractivity contribution >= 4 is 34.1 Å². The molecule has 0 radical (unpaired) electrons. The SMILES string of the molecule is C=CCN1C(=O)n2c(c(C)c3c(OC)cc(OC)cc32)C1=S. The number of ether oxygens (including phenoxy) is 2. The molecule has 22 heavy (non-hydrogen) atoms. The fraction of sp³-hybridized carbons (Fsp3) is 0.250. The van der Waals surface area contributed by atoms with Crippen molar-refractivity contribution in [2.75, 3.05) is 20.8 Å². The Balaban J connectivity index is 2.36. The highest BCUT2D eigenvalue weighted by molar-refractivity contribution is 7.80. The molecule has 1 amide bonds. The van der Waals surface area contributed by atoms with Crippen LogP contribution in [-0.4, -0.2) is 41.3 Å². The van der Waals surface area contributed by atoms with Crippen LogP contribution in [0.2, 0.25) is 0 Å². The third-order valence-electron chi connectivity index (χ3n) is 3.89. The molecule has 0 N–H and O–H groups in total. The Hall–Kier alpha value is -2.34. The van der Waals surface area contributed by atoms with Gasteiger partial charge < -0.3 is 9.47 Å². The molecule has 0 fully saturated rings. The number of hydrogen-bond donors (Lipinski definition) is 0. The average Bonchev–Trinajstić information content (AvgIpc) is 2.95. The molecule has 0 spiro atoms. The quantitative estimate of drug-likeness (QED) is 0.642. The van der Waals surface area contributed by atoms with E-state index in [1.54, 1.807) is 30.9 Å². The standard InChI is InChI=1S/C16H16N2O3S/c1-5-6-17-15(22)14-9(2)13-11(18(14)16(17)19)7-10(20-3)8-12(13)21-4/h5,7-8H,1,6H2,2-4H3. The van der Waals surface area contributed by atoms with Gasteiger partial charge in [0, 0.05) is 24.1 Å². The molecule has 3 rings (SSSR count). The summed E-state index contributed by atoms with van der Waals surface area (Å²) in [6, 6.07) is 3.46. The van der Waals surface area contributed by atoms with E-state index in [2.05, 4.69) is 6.58 Å². The predicted octanol–water partition coefficient (Wildman–Crippen LogP) is 3.11. The summed E-state index contributed by atoms with van der Waals surface area (Å²) in [5.74, 6) is 1.30. The molecule has 0 saturated heterocycles. The molecule has 1 aliphatic rings. The van der Waals surface area contributed by atoms with Gasteiger partial charge in [-0.05, 0) is 12.5 Å². The number of nitrogens with zero attached hydrogens (tertiary/aromatic N) is 2. The molecule has 1 aromatic heterocycles. The van der Waals surface area contributed by atoms with Gasteiger partial charge in [0.15, 0.2) is 0 Å². The number of aromatic nitrogens is 1. The number of aryl methyl sites for hydroxylation is 1. The van der Waals surface area contributed by atoms with Crippen LogP contribution in [0.1, 0.15) is 11.3 Å². The van der Waals surface area contributed by atoms with E-state index >= 15 is 0 Å². The highest BCUT2D eigenvalue weighted by atomic mass is 32.1. The topological polar surface area (TPSA) is 43.7 Å².